The number of benzene rings is 2. The summed E-state index contributed by atoms with van der Waals surface area (Å²) in [6.07, 6.45) is 7.16. The van der Waals surface area contributed by atoms with E-state index in [1.807, 2.05) is 0 Å². The number of Topliss-reactive ketones (excluding diaryl/α,β-unsaturated/α-hetero) is 1. The highest BCUT2D eigenvalue weighted by Gasteiger charge is 2.32. The SMILES string of the molecule is CCc1cc2c(c(C3CCCCC3=O)c1CC)Cc1ccccc1-2. The van der Waals surface area contributed by atoms with E-state index in [1.54, 1.807) is 0 Å². The molecule has 2 aromatic carbocycles. The smallest absolute Gasteiger partial charge is 0.140 e. The minimum absolute atomic E-state index is 0.142. The number of carbonyl (C=O) groups excluding carboxylic acids is 1. The molecule has 0 amide bonds. The van der Waals surface area contributed by atoms with Gasteiger partial charge in [0.25, 0.3) is 0 Å². The van der Waals surface area contributed by atoms with Gasteiger partial charge in [0.1, 0.15) is 5.78 Å². The van der Waals surface area contributed by atoms with Gasteiger partial charge < -0.3 is 0 Å². The number of fused-ring (bicyclic) bond motifs is 3. The van der Waals surface area contributed by atoms with Gasteiger partial charge in [0.2, 0.25) is 0 Å². The van der Waals surface area contributed by atoms with Crippen molar-refractivity contribution in [3.63, 3.8) is 0 Å². The van der Waals surface area contributed by atoms with Crippen LogP contribution in [-0.4, -0.2) is 5.78 Å². The molecule has 1 fully saturated rings. The van der Waals surface area contributed by atoms with Crippen LogP contribution < -0.4 is 0 Å². The number of hydrogen-bond donors (Lipinski definition) is 0. The summed E-state index contributed by atoms with van der Waals surface area (Å²) in [6.45, 7) is 4.49. The van der Waals surface area contributed by atoms with Crippen molar-refractivity contribution in [2.24, 2.45) is 0 Å². The number of rotatable bonds is 3. The summed E-state index contributed by atoms with van der Waals surface area (Å²) in [4.78, 5) is 12.7. The van der Waals surface area contributed by atoms with Gasteiger partial charge in [-0.15, -0.1) is 0 Å². The molecule has 0 spiro atoms. The van der Waals surface area contributed by atoms with Crippen LogP contribution >= 0.6 is 0 Å². The van der Waals surface area contributed by atoms with Crippen molar-refractivity contribution in [3.05, 3.63) is 58.1 Å². The third-order valence-corrected chi connectivity index (χ3v) is 5.99. The Bertz CT molecular complexity index is 800. The van der Waals surface area contributed by atoms with E-state index in [0.717, 1.165) is 38.5 Å². The van der Waals surface area contributed by atoms with Crippen molar-refractivity contribution < 1.29 is 4.79 Å². The maximum Gasteiger partial charge on any atom is 0.140 e. The lowest BCUT2D eigenvalue weighted by atomic mass is 9.76. The van der Waals surface area contributed by atoms with E-state index < -0.39 is 0 Å². The minimum Gasteiger partial charge on any atom is -0.299 e. The first-order valence-electron chi connectivity index (χ1n) is 9.53. The van der Waals surface area contributed by atoms with Gasteiger partial charge in [-0.05, 0) is 71.0 Å². The molecule has 0 radical (unpaired) electrons. The zero-order valence-electron chi connectivity index (χ0n) is 14.8. The average molecular weight is 318 g/mol. The quantitative estimate of drug-likeness (QED) is 0.613. The molecular formula is C23H26O. The Kier molecular flexibility index (Phi) is 4.04. The lowest BCUT2D eigenvalue weighted by Gasteiger charge is -2.27. The van der Waals surface area contributed by atoms with Gasteiger partial charge >= 0.3 is 0 Å². The van der Waals surface area contributed by atoms with Gasteiger partial charge in [0.15, 0.2) is 0 Å². The highest BCUT2D eigenvalue weighted by Crippen LogP contribution is 2.45. The second-order valence-electron chi connectivity index (χ2n) is 7.26. The largest absolute Gasteiger partial charge is 0.299 e. The van der Waals surface area contributed by atoms with Gasteiger partial charge in [0, 0.05) is 12.3 Å². The summed E-state index contributed by atoms with van der Waals surface area (Å²) in [6, 6.07) is 11.2. The van der Waals surface area contributed by atoms with Crippen LogP contribution in [0.3, 0.4) is 0 Å². The molecule has 2 aliphatic rings. The van der Waals surface area contributed by atoms with Crippen LogP contribution in [-0.2, 0) is 24.1 Å². The zero-order chi connectivity index (χ0) is 16.7. The standard InChI is InChI=1S/C23H26O/c1-3-15-13-20-18-10-6-5-9-16(18)14-21(20)23(17(15)4-2)19-11-7-8-12-22(19)24/h5-6,9-10,13,19H,3-4,7-8,11-12,14H2,1-2H3. The maximum absolute atomic E-state index is 12.7. The monoisotopic (exact) mass is 318 g/mol. The van der Waals surface area contributed by atoms with Crippen molar-refractivity contribution in [2.75, 3.05) is 0 Å². The van der Waals surface area contributed by atoms with Crippen molar-refractivity contribution >= 4 is 5.78 Å². The van der Waals surface area contributed by atoms with Crippen LogP contribution in [0.5, 0.6) is 0 Å². The number of carbonyl (C=O) groups is 1. The summed E-state index contributed by atoms with van der Waals surface area (Å²) >= 11 is 0. The number of hydrogen-bond acceptors (Lipinski definition) is 1. The van der Waals surface area contributed by atoms with Gasteiger partial charge in [-0.2, -0.15) is 0 Å². The molecule has 1 unspecified atom stereocenters. The lowest BCUT2D eigenvalue weighted by molar-refractivity contribution is -0.121. The van der Waals surface area contributed by atoms with Crippen LogP contribution in [0.1, 0.15) is 73.3 Å². The van der Waals surface area contributed by atoms with Gasteiger partial charge in [0.05, 0.1) is 0 Å². The Morgan fingerprint density at radius 2 is 1.88 bits per heavy atom. The first-order chi connectivity index (χ1) is 11.7. The van der Waals surface area contributed by atoms with E-state index >= 15 is 0 Å². The Morgan fingerprint density at radius 3 is 2.62 bits per heavy atom. The van der Waals surface area contributed by atoms with Crippen molar-refractivity contribution in [3.8, 4) is 11.1 Å². The third-order valence-electron chi connectivity index (χ3n) is 5.99. The van der Waals surface area contributed by atoms with Crippen LogP contribution in [0.25, 0.3) is 11.1 Å². The summed E-state index contributed by atoms with van der Waals surface area (Å²) in [7, 11) is 0. The lowest BCUT2D eigenvalue weighted by Crippen LogP contribution is -2.21. The molecule has 124 valence electrons. The maximum atomic E-state index is 12.7. The molecule has 0 N–H and O–H groups in total. The van der Waals surface area contributed by atoms with E-state index in [2.05, 4.69) is 44.2 Å². The van der Waals surface area contributed by atoms with Gasteiger partial charge in [-0.3, -0.25) is 4.79 Å². The molecule has 0 saturated heterocycles. The zero-order valence-corrected chi connectivity index (χ0v) is 14.8. The molecule has 4 rings (SSSR count). The minimum atomic E-state index is 0.142. The average Bonchev–Trinajstić information content (AvgIpc) is 2.99. The fraction of sp³-hybridized carbons (Fsp3) is 0.435. The molecule has 1 atom stereocenters. The Balaban J connectivity index is 1.96. The van der Waals surface area contributed by atoms with Gasteiger partial charge in [-0.1, -0.05) is 50.6 Å². The first-order valence-corrected chi connectivity index (χ1v) is 9.53. The summed E-state index contributed by atoms with van der Waals surface area (Å²) in [5, 5.41) is 0. The summed E-state index contributed by atoms with van der Waals surface area (Å²) < 4.78 is 0. The molecule has 24 heavy (non-hydrogen) atoms. The van der Waals surface area contributed by atoms with E-state index in [-0.39, 0.29) is 5.92 Å². The van der Waals surface area contributed by atoms with E-state index in [0.29, 0.717) is 5.78 Å². The Hall–Kier alpha value is -1.89. The molecular weight excluding hydrogens is 292 g/mol. The predicted octanol–water partition coefficient (Wildman–Crippen LogP) is 5.61. The summed E-state index contributed by atoms with van der Waals surface area (Å²) in [5.41, 5.74) is 9.97. The Morgan fingerprint density at radius 1 is 1.04 bits per heavy atom. The van der Waals surface area contributed by atoms with E-state index in [1.165, 1.54) is 45.4 Å². The topological polar surface area (TPSA) is 17.1 Å². The van der Waals surface area contributed by atoms with Crippen molar-refractivity contribution in [1.82, 2.24) is 0 Å². The molecule has 2 aromatic rings. The molecule has 0 bridgehead atoms. The highest BCUT2D eigenvalue weighted by molar-refractivity contribution is 5.89. The molecule has 0 aliphatic heterocycles. The van der Waals surface area contributed by atoms with Crippen molar-refractivity contribution in [2.45, 2.75) is 64.7 Å². The molecule has 2 aliphatic carbocycles. The number of ketones is 1. The predicted molar refractivity (Wildman–Crippen MR) is 99.7 cm³/mol. The molecule has 0 aromatic heterocycles. The highest BCUT2D eigenvalue weighted by atomic mass is 16.1. The van der Waals surface area contributed by atoms with Crippen LogP contribution in [0.2, 0.25) is 0 Å². The second kappa shape index (κ2) is 6.20. The normalized spacial score (nSPS) is 19.2. The second-order valence-corrected chi connectivity index (χ2v) is 7.26. The van der Waals surface area contributed by atoms with Gasteiger partial charge in [-0.25, -0.2) is 0 Å². The van der Waals surface area contributed by atoms with Crippen LogP contribution in [0, 0.1) is 0 Å². The van der Waals surface area contributed by atoms with E-state index in [9.17, 15) is 4.79 Å². The first kappa shape index (κ1) is 15.6. The van der Waals surface area contributed by atoms with Crippen LogP contribution in [0.15, 0.2) is 30.3 Å². The summed E-state index contributed by atoms with van der Waals surface area (Å²) in [5.74, 6) is 0.616. The fourth-order valence-electron chi connectivity index (χ4n) is 4.85. The third kappa shape index (κ3) is 2.33. The molecule has 1 saturated carbocycles. The number of aryl methyl sites for hydroxylation is 1. The molecule has 0 heterocycles. The molecule has 1 nitrogen and oxygen atoms in total. The Labute approximate surface area is 145 Å². The van der Waals surface area contributed by atoms with E-state index in [4.69, 9.17) is 0 Å². The van der Waals surface area contributed by atoms with Crippen LogP contribution in [0.4, 0.5) is 0 Å². The fourth-order valence-corrected chi connectivity index (χ4v) is 4.85. The van der Waals surface area contributed by atoms with Crippen molar-refractivity contribution in [1.29, 1.82) is 0 Å². The molecule has 1 heteroatoms.